The molecule has 0 bridgehead atoms. The number of nitrogens with zero attached hydrogens (tertiary/aromatic N) is 2. The summed E-state index contributed by atoms with van der Waals surface area (Å²) in [6.45, 7) is 6.60. The lowest BCUT2D eigenvalue weighted by Crippen LogP contribution is -2.49. The van der Waals surface area contributed by atoms with E-state index in [0.717, 1.165) is 18.4 Å². The molecule has 1 aromatic carbocycles. The molecule has 0 saturated heterocycles. The summed E-state index contributed by atoms with van der Waals surface area (Å²) >= 11 is 0. The van der Waals surface area contributed by atoms with Crippen LogP contribution in [0.15, 0.2) is 29.2 Å². The Morgan fingerprint density at radius 2 is 1.63 bits per heavy atom. The van der Waals surface area contributed by atoms with Crippen LogP contribution in [0.2, 0.25) is 0 Å². The van der Waals surface area contributed by atoms with Crippen molar-refractivity contribution in [1.82, 2.24) is 9.80 Å². The molecule has 152 valence electrons. The smallest absolute Gasteiger partial charge is 0.237 e. The first-order valence-electron chi connectivity index (χ1n) is 9.92. The standard InChI is InChI=1S/C21H34N2O3S/c1-16(2)23(19-9-7-6-8-10-19)21(24)15-22(4)17(3)18-11-13-20(14-12-18)27(5,25)26/h11-14,16-17,19H,6-10,15H2,1-5H3/t17-/m0/s1. The summed E-state index contributed by atoms with van der Waals surface area (Å²) in [7, 11) is -1.24. The van der Waals surface area contributed by atoms with E-state index >= 15 is 0 Å². The van der Waals surface area contributed by atoms with E-state index in [1.807, 2.05) is 31.0 Å². The second-order valence-corrected chi connectivity index (χ2v) is 10.1. The molecule has 1 fully saturated rings. The van der Waals surface area contributed by atoms with Crippen molar-refractivity contribution in [1.29, 1.82) is 0 Å². The first-order chi connectivity index (χ1) is 12.6. The van der Waals surface area contributed by atoms with E-state index in [1.54, 1.807) is 12.1 Å². The molecule has 0 unspecified atom stereocenters. The van der Waals surface area contributed by atoms with E-state index in [0.29, 0.717) is 17.5 Å². The van der Waals surface area contributed by atoms with Crippen LogP contribution in [0.25, 0.3) is 0 Å². The SMILES string of the molecule is CC(C)N(C(=O)CN(C)[C@@H](C)c1ccc(S(C)(=O)=O)cc1)C1CCCCC1. The van der Waals surface area contributed by atoms with Crippen LogP contribution in [-0.2, 0) is 14.6 Å². The maximum atomic E-state index is 13.0. The van der Waals surface area contributed by atoms with Gasteiger partial charge in [-0.15, -0.1) is 0 Å². The zero-order chi connectivity index (χ0) is 20.2. The summed E-state index contributed by atoms with van der Waals surface area (Å²) < 4.78 is 23.2. The Hall–Kier alpha value is -1.40. The van der Waals surface area contributed by atoms with Gasteiger partial charge in [-0.05, 0) is 58.4 Å². The van der Waals surface area contributed by atoms with E-state index in [1.165, 1.54) is 25.5 Å². The molecule has 1 saturated carbocycles. The topological polar surface area (TPSA) is 57.7 Å². The number of amides is 1. The van der Waals surface area contributed by atoms with Crippen LogP contribution in [0, 0.1) is 0 Å². The molecule has 0 N–H and O–H groups in total. The second kappa shape index (κ2) is 9.20. The highest BCUT2D eigenvalue weighted by atomic mass is 32.2. The Bertz CT molecular complexity index is 722. The molecule has 0 aromatic heterocycles. The Morgan fingerprint density at radius 3 is 2.11 bits per heavy atom. The van der Waals surface area contributed by atoms with Gasteiger partial charge in [0.25, 0.3) is 0 Å². The normalized spacial score (nSPS) is 17.3. The van der Waals surface area contributed by atoms with E-state index in [9.17, 15) is 13.2 Å². The number of likely N-dealkylation sites (N-methyl/N-ethyl adjacent to an activating group) is 1. The van der Waals surface area contributed by atoms with Gasteiger partial charge >= 0.3 is 0 Å². The third-order valence-corrected chi connectivity index (χ3v) is 6.78. The average molecular weight is 395 g/mol. The molecule has 2 rings (SSSR count). The van der Waals surface area contributed by atoms with Gasteiger partial charge in [0, 0.05) is 24.4 Å². The third kappa shape index (κ3) is 5.79. The molecule has 27 heavy (non-hydrogen) atoms. The van der Waals surface area contributed by atoms with Gasteiger partial charge in [-0.3, -0.25) is 9.69 Å². The van der Waals surface area contributed by atoms with Crippen LogP contribution in [0.3, 0.4) is 0 Å². The Balaban J connectivity index is 2.05. The van der Waals surface area contributed by atoms with Gasteiger partial charge in [0.05, 0.1) is 11.4 Å². The van der Waals surface area contributed by atoms with Crippen LogP contribution >= 0.6 is 0 Å². The molecule has 0 radical (unpaired) electrons. The van der Waals surface area contributed by atoms with Crippen molar-refractivity contribution in [3.8, 4) is 0 Å². The summed E-state index contributed by atoms with van der Waals surface area (Å²) in [5.41, 5.74) is 1.01. The summed E-state index contributed by atoms with van der Waals surface area (Å²) in [6.07, 6.45) is 7.12. The minimum atomic E-state index is -3.19. The molecular formula is C21H34N2O3S. The van der Waals surface area contributed by atoms with Gasteiger partial charge in [0.1, 0.15) is 0 Å². The van der Waals surface area contributed by atoms with Crippen molar-refractivity contribution >= 4 is 15.7 Å². The Labute approximate surface area is 164 Å². The van der Waals surface area contributed by atoms with Crippen LogP contribution < -0.4 is 0 Å². The van der Waals surface area contributed by atoms with Crippen molar-refractivity contribution in [3.05, 3.63) is 29.8 Å². The minimum absolute atomic E-state index is 0.0305. The van der Waals surface area contributed by atoms with Gasteiger partial charge in [-0.2, -0.15) is 0 Å². The maximum absolute atomic E-state index is 13.0. The number of carbonyl (C=O) groups is 1. The van der Waals surface area contributed by atoms with Gasteiger partial charge in [-0.25, -0.2) is 8.42 Å². The van der Waals surface area contributed by atoms with Crippen LogP contribution in [0.4, 0.5) is 0 Å². The molecule has 0 aliphatic heterocycles. The van der Waals surface area contributed by atoms with Crippen molar-refractivity contribution in [2.24, 2.45) is 0 Å². The summed E-state index contributed by atoms with van der Waals surface area (Å²) in [6, 6.07) is 7.55. The number of sulfone groups is 1. The summed E-state index contributed by atoms with van der Waals surface area (Å²) in [5.74, 6) is 0.180. The molecule has 1 aliphatic rings. The molecule has 1 amide bonds. The zero-order valence-corrected chi connectivity index (χ0v) is 18.1. The summed E-state index contributed by atoms with van der Waals surface area (Å²) in [4.78, 5) is 17.5. The van der Waals surface area contributed by atoms with Gasteiger partial charge < -0.3 is 4.90 Å². The van der Waals surface area contributed by atoms with Crippen molar-refractivity contribution < 1.29 is 13.2 Å². The lowest BCUT2D eigenvalue weighted by Gasteiger charge is -2.39. The molecule has 1 aromatic rings. The van der Waals surface area contributed by atoms with Gasteiger partial charge in [0.15, 0.2) is 9.84 Å². The number of rotatable bonds is 7. The monoisotopic (exact) mass is 394 g/mol. The molecule has 1 aliphatic carbocycles. The highest BCUT2D eigenvalue weighted by Crippen LogP contribution is 2.26. The van der Waals surface area contributed by atoms with Crippen molar-refractivity contribution in [2.45, 2.75) is 75.9 Å². The highest BCUT2D eigenvalue weighted by molar-refractivity contribution is 7.90. The van der Waals surface area contributed by atoms with Crippen LogP contribution in [-0.4, -0.2) is 56.1 Å². The average Bonchev–Trinajstić information content (AvgIpc) is 2.61. The lowest BCUT2D eigenvalue weighted by atomic mass is 9.93. The lowest BCUT2D eigenvalue weighted by molar-refractivity contribution is -0.137. The van der Waals surface area contributed by atoms with E-state index < -0.39 is 9.84 Å². The largest absolute Gasteiger partial charge is 0.336 e. The Morgan fingerprint density at radius 1 is 1.07 bits per heavy atom. The molecule has 5 nitrogen and oxygen atoms in total. The maximum Gasteiger partial charge on any atom is 0.237 e. The quantitative estimate of drug-likeness (QED) is 0.708. The molecule has 6 heteroatoms. The van der Waals surface area contributed by atoms with Gasteiger partial charge in [0.2, 0.25) is 5.91 Å². The minimum Gasteiger partial charge on any atom is -0.336 e. The van der Waals surface area contributed by atoms with E-state index in [2.05, 4.69) is 18.7 Å². The predicted molar refractivity (Wildman–Crippen MR) is 109 cm³/mol. The predicted octanol–water partition coefficient (Wildman–Crippen LogP) is 3.65. The van der Waals surface area contributed by atoms with Crippen molar-refractivity contribution in [2.75, 3.05) is 19.8 Å². The van der Waals surface area contributed by atoms with Crippen LogP contribution in [0.5, 0.6) is 0 Å². The fourth-order valence-corrected chi connectivity index (χ4v) is 4.58. The number of hydrogen-bond acceptors (Lipinski definition) is 4. The molecule has 0 heterocycles. The fourth-order valence-electron chi connectivity index (χ4n) is 3.95. The van der Waals surface area contributed by atoms with Gasteiger partial charge in [-0.1, -0.05) is 31.4 Å². The van der Waals surface area contributed by atoms with E-state index in [4.69, 9.17) is 0 Å². The number of hydrogen-bond donors (Lipinski definition) is 0. The highest BCUT2D eigenvalue weighted by Gasteiger charge is 2.28. The Kier molecular flexibility index (Phi) is 7.46. The molecule has 1 atom stereocenters. The van der Waals surface area contributed by atoms with Crippen LogP contribution in [0.1, 0.15) is 64.5 Å². The van der Waals surface area contributed by atoms with Crippen molar-refractivity contribution in [3.63, 3.8) is 0 Å². The number of benzene rings is 1. The fraction of sp³-hybridized carbons (Fsp3) is 0.667. The first kappa shape index (κ1) is 21.9. The van der Waals surface area contributed by atoms with E-state index in [-0.39, 0.29) is 18.0 Å². The second-order valence-electron chi connectivity index (χ2n) is 8.12. The third-order valence-electron chi connectivity index (χ3n) is 5.65. The molecule has 0 spiro atoms. The summed E-state index contributed by atoms with van der Waals surface area (Å²) in [5, 5.41) is 0. The zero-order valence-electron chi connectivity index (χ0n) is 17.3. The molecular weight excluding hydrogens is 360 g/mol. The number of carbonyl (C=O) groups excluding carboxylic acids is 1. The first-order valence-corrected chi connectivity index (χ1v) is 11.8.